The van der Waals surface area contributed by atoms with Gasteiger partial charge < -0.3 is 14.4 Å². The summed E-state index contributed by atoms with van der Waals surface area (Å²) in [5, 5.41) is 0. The normalized spacial score (nSPS) is 12.2. The molecule has 7 nitrogen and oxygen atoms in total. The molecule has 1 unspecified atom stereocenters. The summed E-state index contributed by atoms with van der Waals surface area (Å²) in [5.41, 5.74) is 0. The summed E-state index contributed by atoms with van der Waals surface area (Å²) in [6.45, 7) is 53.5. The van der Waals surface area contributed by atoms with Crippen LogP contribution in [0.15, 0.2) is 126 Å². The van der Waals surface area contributed by atoms with E-state index in [1.54, 1.807) is 31.2 Å². The van der Waals surface area contributed by atoms with Gasteiger partial charge in [0, 0.05) is 46.3 Å². The van der Waals surface area contributed by atoms with E-state index in [0.717, 1.165) is 51.7 Å². The lowest BCUT2D eigenvalue weighted by atomic mass is 10.0. The van der Waals surface area contributed by atoms with E-state index in [0.29, 0.717) is 6.10 Å². The second kappa shape index (κ2) is 77.0. The van der Waals surface area contributed by atoms with Crippen molar-refractivity contribution >= 4 is 17.3 Å². The van der Waals surface area contributed by atoms with E-state index in [-0.39, 0.29) is 17.3 Å². The highest BCUT2D eigenvalue weighted by atomic mass is 16.6. The van der Waals surface area contributed by atoms with Gasteiger partial charge in [0.2, 0.25) is 5.78 Å². The molecule has 0 N–H and O–H groups in total. The van der Waals surface area contributed by atoms with Crippen molar-refractivity contribution in [2.24, 2.45) is 5.92 Å². The highest BCUT2D eigenvalue weighted by Gasteiger charge is 2.13. The first-order valence-electron chi connectivity index (χ1n) is 19.5. The molecule has 0 aromatic rings. The van der Waals surface area contributed by atoms with Gasteiger partial charge >= 0.3 is 0 Å². The first-order valence-corrected chi connectivity index (χ1v) is 19.5. The third kappa shape index (κ3) is 174. The Balaban J connectivity index is -0.0000000656. The number of carbonyl (C=O) groups is 3. The predicted molar refractivity (Wildman–Crippen MR) is 262 cm³/mol. The van der Waals surface area contributed by atoms with Gasteiger partial charge in [0.1, 0.15) is 0 Å². The van der Waals surface area contributed by atoms with Crippen molar-refractivity contribution in [1.82, 2.24) is 9.80 Å². The summed E-state index contributed by atoms with van der Waals surface area (Å²) in [5.74, 6) is 4.72. The van der Waals surface area contributed by atoms with Crippen molar-refractivity contribution in [3.63, 3.8) is 0 Å². The summed E-state index contributed by atoms with van der Waals surface area (Å²) in [7, 11) is 4.14. The summed E-state index contributed by atoms with van der Waals surface area (Å²) in [6.07, 6.45) is 34.2. The van der Waals surface area contributed by atoms with Crippen LogP contribution in [0.5, 0.6) is 0 Å². The van der Waals surface area contributed by atoms with Crippen molar-refractivity contribution in [3.8, 4) is 24.7 Å². The van der Waals surface area contributed by atoms with E-state index in [1.807, 2.05) is 77.1 Å². The van der Waals surface area contributed by atoms with Crippen LogP contribution in [0.25, 0.3) is 0 Å². The number of epoxide rings is 1. The van der Waals surface area contributed by atoms with Crippen LogP contribution in [0, 0.1) is 30.6 Å². The number of hydrogen-bond acceptors (Lipinski definition) is 7. The minimum atomic E-state index is -0.218. The Bertz CT molecular complexity index is 1050. The van der Waals surface area contributed by atoms with Crippen molar-refractivity contribution in [2.45, 2.75) is 94.6 Å². The van der Waals surface area contributed by atoms with Gasteiger partial charge in [0.05, 0.1) is 12.7 Å². The van der Waals surface area contributed by atoms with E-state index in [2.05, 4.69) is 102 Å². The van der Waals surface area contributed by atoms with Crippen LogP contribution >= 0.6 is 0 Å². The zero-order valence-electron chi connectivity index (χ0n) is 39.4. The van der Waals surface area contributed by atoms with E-state index >= 15 is 0 Å². The number of nitrogens with zero attached hydrogens (tertiary/aromatic N) is 2. The molecule has 1 atom stereocenters. The SMILES string of the molecule is C#CC.C#CC(C)=O.C1COC1.C=CC.C=CC(C)=O.C=CC=CC.C=CC=CC(C)=O.C=CCC(C)CC=C.C=CCN(C)CC=C.CC.CC1CO1.CN1CC1. The monoisotopic (exact) mass is 809 g/mol. The fourth-order valence-electron chi connectivity index (χ4n) is 1.86. The maximum absolute atomic E-state index is 10.1. The Morgan fingerprint density at radius 2 is 1.12 bits per heavy atom. The number of ether oxygens (including phenoxy) is 2. The lowest BCUT2D eigenvalue weighted by molar-refractivity contribution is -0.113. The third-order valence-electron chi connectivity index (χ3n) is 5.05. The zero-order chi connectivity index (χ0) is 47.4. The number of carbonyl (C=O) groups excluding carboxylic acids is 3. The van der Waals surface area contributed by atoms with Crippen molar-refractivity contribution in [1.29, 1.82) is 0 Å². The topological polar surface area (TPSA) is 79.2 Å². The molecule has 3 aliphatic rings. The first-order chi connectivity index (χ1) is 27.5. The van der Waals surface area contributed by atoms with E-state index < -0.39 is 0 Å². The average Bonchev–Trinajstić information content (AvgIpc) is 4.10. The number of Topliss-reactive ketones (excluding diaryl/α,β-unsaturated/α-hetero) is 1. The fourth-order valence-corrected chi connectivity index (χ4v) is 1.86. The molecule has 332 valence electrons. The minimum Gasteiger partial charge on any atom is -0.381 e. The number of hydrogen-bond donors (Lipinski definition) is 0. The van der Waals surface area contributed by atoms with E-state index in [9.17, 15) is 14.4 Å². The largest absolute Gasteiger partial charge is 0.381 e. The van der Waals surface area contributed by atoms with Gasteiger partial charge in [0.15, 0.2) is 11.6 Å². The molecule has 0 amide bonds. The smallest absolute Gasteiger partial charge is 0.202 e. The fraction of sp³-hybridized carbons (Fsp3) is 0.471. The highest BCUT2D eigenvalue weighted by Crippen LogP contribution is 2.06. The number of allylic oxidation sites excluding steroid dienone is 10. The standard InChI is InChI=1S/C8H14.C7H13N.C6H8O.C5H8.C4H6O.C4H4O.C3H7N.2C3H6O.C3H6.C3H4.C2H6/c2*1-4-6-8(3)7-5-2;1-3-4-5-6(2)7;1-3-5-4-2;2*1-3-4(2)5;1-4-2-3-4;1-3-2-4-3;1-2-4-3-1;2*1-3-2;1-2/h4-5,8H,1-2,6-7H2,3H3;4-5H,1-2,6-7H2,3H3;3-5H,1H2,2H3;3-5H,1H2,2H3;3H,1H2,2H3;1H,2H3;2-3H2,1H3;3H,2H2,1H3;1-3H2;3H,1H2,2H3;1H,2H3;1-2H3. The van der Waals surface area contributed by atoms with Crippen LogP contribution in [0.1, 0.15) is 88.5 Å². The van der Waals surface area contributed by atoms with Crippen LogP contribution in [0.4, 0.5) is 0 Å². The Kier molecular flexibility index (Phi) is 98.7. The van der Waals surface area contributed by atoms with E-state index in [4.69, 9.17) is 9.47 Å². The van der Waals surface area contributed by atoms with Crippen molar-refractivity contribution < 1.29 is 23.9 Å². The molecule has 3 rings (SSSR count). The summed E-state index contributed by atoms with van der Waals surface area (Å²) in [6, 6.07) is 0. The lowest BCUT2D eigenvalue weighted by Gasteiger charge is -2.09. The zero-order valence-corrected chi connectivity index (χ0v) is 39.4. The molecular weight excluding hydrogens is 721 g/mol. The molecule has 0 aromatic heterocycles. The van der Waals surface area contributed by atoms with Gasteiger partial charge in [-0.15, -0.1) is 51.7 Å². The molecular formula is C51H88N2O5. The molecule has 0 saturated carbocycles. The average molecular weight is 809 g/mol. The summed E-state index contributed by atoms with van der Waals surface area (Å²) in [4.78, 5) is 33.7. The van der Waals surface area contributed by atoms with E-state index in [1.165, 1.54) is 52.4 Å². The number of ketones is 3. The molecule has 0 bridgehead atoms. The molecule has 7 heteroatoms. The van der Waals surface area contributed by atoms with Gasteiger partial charge in [-0.05, 0) is 98.9 Å². The molecule has 0 radical (unpaired) electrons. The molecule has 3 aliphatic heterocycles. The quantitative estimate of drug-likeness (QED) is 0.0485. The Hall–Kier alpha value is -4.63. The number of rotatable bonds is 12. The van der Waals surface area contributed by atoms with Crippen molar-refractivity contribution in [3.05, 3.63) is 126 Å². The summed E-state index contributed by atoms with van der Waals surface area (Å²) >= 11 is 0. The second-order valence-electron chi connectivity index (χ2n) is 11.5. The van der Waals surface area contributed by atoms with Crippen LogP contribution in [-0.4, -0.2) is 93.3 Å². The molecule has 0 aliphatic carbocycles. The Morgan fingerprint density at radius 1 is 0.828 bits per heavy atom. The van der Waals surface area contributed by atoms with Gasteiger partial charge in [-0.3, -0.25) is 19.3 Å². The van der Waals surface area contributed by atoms with Gasteiger partial charge in [0.25, 0.3) is 0 Å². The lowest BCUT2D eigenvalue weighted by Crippen LogP contribution is -2.17. The molecule has 3 heterocycles. The Morgan fingerprint density at radius 3 is 1.21 bits per heavy atom. The molecule has 3 fully saturated rings. The van der Waals surface area contributed by atoms with Crippen molar-refractivity contribution in [2.75, 3.05) is 60.1 Å². The predicted octanol–water partition coefficient (Wildman–Crippen LogP) is 11.7. The van der Waals surface area contributed by atoms with Crippen LogP contribution < -0.4 is 0 Å². The molecule has 3 saturated heterocycles. The van der Waals surface area contributed by atoms with Gasteiger partial charge in [-0.1, -0.05) is 101 Å². The molecule has 0 aromatic carbocycles. The van der Waals surface area contributed by atoms with Crippen LogP contribution in [0.2, 0.25) is 0 Å². The highest BCUT2D eigenvalue weighted by molar-refractivity contribution is 5.92. The Labute approximate surface area is 360 Å². The first kappa shape index (κ1) is 74.4. The molecule has 58 heavy (non-hydrogen) atoms. The second-order valence-corrected chi connectivity index (χ2v) is 11.5. The van der Waals surface area contributed by atoms with Crippen LogP contribution in [-0.2, 0) is 23.9 Å². The third-order valence-corrected chi connectivity index (χ3v) is 5.05. The maximum Gasteiger partial charge on any atom is 0.202 e. The van der Waals surface area contributed by atoms with Crippen LogP contribution in [0.3, 0.4) is 0 Å². The number of terminal acetylenes is 2. The number of likely N-dealkylation sites (N-methyl/N-ethyl adjacent to an activating group) is 2. The van der Waals surface area contributed by atoms with Gasteiger partial charge in [-0.2, -0.15) is 0 Å². The maximum atomic E-state index is 10.1. The summed E-state index contributed by atoms with van der Waals surface area (Å²) < 4.78 is 9.43. The molecule has 0 spiro atoms. The van der Waals surface area contributed by atoms with Gasteiger partial charge in [-0.25, -0.2) is 0 Å². The minimum absolute atomic E-state index is 0.0185.